The molecule has 2 aromatic carbocycles. The van der Waals surface area contributed by atoms with Crippen molar-refractivity contribution in [3.8, 4) is 5.75 Å². The molecule has 0 radical (unpaired) electrons. The summed E-state index contributed by atoms with van der Waals surface area (Å²) >= 11 is 1.28. The number of benzene rings is 2. The van der Waals surface area contributed by atoms with Crippen molar-refractivity contribution in [1.29, 1.82) is 0 Å². The molecule has 0 aliphatic carbocycles. The van der Waals surface area contributed by atoms with E-state index in [1.165, 1.54) is 18.9 Å². The summed E-state index contributed by atoms with van der Waals surface area (Å²) < 4.78 is 10.7. The Morgan fingerprint density at radius 3 is 2.35 bits per heavy atom. The Morgan fingerprint density at radius 2 is 1.73 bits per heavy atom. The lowest BCUT2D eigenvalue weighted by Crippen LogP contribution is -2.14. The van der Waals surface area contributed by atoms with Gasteiger partial charge in [-0.05, 0) is 36.1 Å². The standard InChI is InChI=1S/C21H24O4S/c1-16(22)26-14-6-9-20(21(23)24-2)18-10-12-19(13-11-18)25-15-17-7-4-3-5-8-17/h3-5,7-8,10-13,20H,6,9,14-15H2,1-2H3. The van der Waals surface area contributed by atoms with E-state index in [0.717, 1.165) is 23.3 Å². The van der Waals surface area contributed by atoms with Crippen molar-refractivity contribution in [2.75, 3.05) is 12.9 Å². The third kappa shape index (κ3) is 6.56. The maximum absolute atomic E-state index is 12.1. The third-order valence-corrected chi connectivity index (χ3v) is 4.86. The predicted molar refractivity (Wildman–Crippen MR) is 104 cm³/mol. The largest absolute Gasteiger partial charge is 0.489 e. The fourth-order valence-electron chi connectivity index (χ4n) is 2.60. The molecule has 0 saturated carbocycles. The van der Waals surface area contributed by atoms with Crippen LogP contribution in [0.15, 0.2) is 54.6 Å². The minimum Gasteiger partial charge on any atom is -0.489 e. The highest BCUT2D eigenvalue weighted by molar-refractivity contribution is 8.13. The first-order valence-corrected chi connectivity index (χ1v) is 9.56. The molecule has 0 N–H and O–H groups in total. The summed E-state index contributed by atoms with van der Waals surface area (Å²) in [7, 11) is 1.40. The van der Waals surface area contributed by atoms with Crippen LogP contribution in [0.3, 0.4) is 0 Å². The van der Waals surface area contributed by atoms with Crippen molar-refractivity contribution in [3.63, 3.8) is 0 Å². The van der Waals surface area contributed by atoms with Crippen LogP contribution in [0.5, 0.6) is 5.75 Å². The number of esters is 1. The van der Waals surface area contributed by atoms with Crippen molar-refractivity contribution in [3.05, 3.63) is 65.7 Å². The molecule has 26 heavy (non-hydrogen) atoms. The average molecular weight is 372 g/mol. The number of carbonyl (C=O) groups is 2. The first-order chi connectivity index (χ1) is 12.6. The van der Waals surface area contributed by atoms with Crippen LogP contribution in [0, 0.1) is 0 Å². The summed E-state index contributed by atoms with van der Waals surface area (Å²) in [6.45, 7) is 2.06. The zero-order chi connectivity index (χ0) is 18.8. The van der Waals surface area contributed by atoms with Crippen LogP contribution >= 0.6 is 11.8 Å². The monoisotopic (exact) mass is 372 g/mol. The van der Waals surface area contributed by atoms with Gasteiger partial charge in [0, 0.05) is 12.7 Å². The highest BCUT2D eigenvalue weighted by Crippen LogP contribution is 2.26. The van der Waals surface area contributed by atoms with Crippen molar-refractivity contribution in [1.82, 2.24) is 0 Å². The van der Waals surface area contributed by atoms with E-state index >= 15 is 0 Å². The predicted octanol–water partition coefficient (Wildman–Crippen LogP) is 4.58. The molecule has 1 atom stereocenters. The van der Waals surface area contributed by atoms with Crippen molar-refractivity contribution < 1.29 is 19.1 Å². The minimum atomic E-state index is -0.323. The summed E-state index contributed by atoms with van der Waals surface area (Å²) in [4.78, 5) is 23.1. The van der Waals surface area contributed by atoms with E-state index in [0.29, 0.717) is 18.8 Å². The second-order valence-corrected chi connectivity index (χ2v) is 7.17. The van der Waals surface area contributed by atoms with Gasteiger partial charge in [-0.2, -0.15) is 0 Å². The molecule has 0 spiro atoms. The minimum absolute atomic E-state index is 0.0968. The molecule has 0 saturated heterocycles. The molecule has 5 heteroatoms. The summed E-state index contributed by atoms with van der Waals surface area (Å²) in [5.74, 6) is 0.890. The Bertz CT molecular complexity index is 698. The molecular weight excluding hydrogens is 348 g/mol. The Hall–Kier alpha value is -2.27. The third-order valence-electron chi connectivity index (χ3n) is 3.96. The lowest BCUT2D eigenvalue weighted by atomic mass is 9.94. The van der Waals surface area contributed by atoms with Gasteiger partial charge in [-0.15, -0.1) is 0 Å². The molecule has 0 aliphatic heterocycles. The number of methoxy groups -OCH3 is 1. The van der Waals surface area contributed by atoms with Crippen LogP contribution < -0.4 is 4.74 Å². The van der Waals surface area contributed by atoms with Crippen molar-refractivity contribution in [2.45, 2.75) is 32.3 Å². The summed E-state index contributed by atoms with van der Waals surface area (Å²) in [5.41, 5.74) is 2.00. The van der Waals surface area contributed by atoms with Gasteiger partial charge in [0.2, 0.25) is 0 Å². The number of hydrogen-bond acceptors (Lipinski definition) is 5. The smallest absolute Gasteiger partial charge is 0.313 e. The average Bonchev–Trinajstić information content (AvgIpc) is 2.67. The van der Waals surface area contributed by atoms with Crippen LogP contribution in [-0.4, -0.2) is 23.9 Å². The van der Waals surface area contributed by atoms with Gasteiger partial charge in [0.25, 0.3) is 0 Å². The number of hydrogen-bond donors (Lipinski definition) is 0. The van der Waals surface area contributed by atoms with Crippen LogP contribution in [0.1, 0.15) is 36.8 Å². The molecule has 2 rings (SSSR count). The van der Waals surface area contributed by atoms with Crippen LogP contribution in [0.4, 0.5) is 0 Å². The maximum Gasteiger partial charge on any atom is 0.313 e. The van der Waals surface area contributed by atoms with Gasteiger partial charge in [0.1, 0.15) is 12.4 Å². The fourth-order valence-corrected chi connectivity index (χ4v) is 3.20. The molecule has 0 fully saturated rings. The Kier molecular flexibility index (Phi) is 8.22. The molecule has 138 valence electrons. The number of ether oxygens (including phenoxy) is 2. The Balaban J connectivity index is 1.95. The van der Waals surface area contributed by atoms with Gasteiger partial charge >= 0.3 is 5.97 Å². The molecule has 1 unspecified atom stereocenters. The summed E-state index contributed by atoms with van der Waals surface area (Å²) in [6, 6.07) is 17.5. The number of carbonyl (C=O) groups excluding carboxylic acids is 2. The quantitative estimate of drug-likeness (QED) is 0.476. The zero-order valence-corrected chi connectivity index (χ0v) is 16.0. The van der Waals surface area contributed by atoms with Gasteiger partial charge < -0.3 is 9.47 Å². The second-order valence-electron chi connectivity index (χ2n) is 5.90. The lowest BCUT2D eigenvalue weighted by Gasteiger charge is -2.15. The molecular formula is C21H24O4S. The first-order valence-electron chi connectivity index (χ1n) is 8.58. The van der Waals surface area contributed by atoms with E-state index in [4.69, 9.17) is 9.47 Å². The molecule has 0 amide bonds. The molecule has 0 aliphatic rings. The van der Waals surface area contributed by atoms with Crippen molar-refractivity contribution >= 4 is 22.8 Å². The highest BCUT2D eigenvalue weighted by atomic mass is 32.2. The SMILES string of the molecule is COC(=O)C(CCCSC(C)=O)c1ccc(OCc2ccccc2)cc1. The number of rotatable bonds is 9. The van der Waals surface area contributed by atoms with E-state index in [9.17, 15) is 9.59 Å². The van der Waals surface area contributed by atoms with E-state index in [1.807, 2.05) is 54.6 Å². The Morgan fingerprint density at radius 1 is 1.04 bits per heavy atom. The van der Waals surface area contributed by atoms with E-state index in [1.54, 1.807) is 6.92 Å². The van der Waals surface area contributed by atoms with Gasteiger partial charge in [-0.1, -0.05) is 54.2 Å². The molecule has 4 nitrogen and oxygen atoms in total. The highest BCUT2D eigenvalue weighted by Gasteiger charge is 2.21. The molecule has 2 aromatic rings. The second kappa shape index (κ2) is 10.7. The summed E-state index contributed by atoms with van der Waals surface area (Å²) in [5, 5.41) is 0.0968. The molecule has 0 aromatic heterocycles. The maximum atomic E-state index is 12.1. The Labute approximate surface area is 158 Å². The van der Waals surface area contributed by atoms with Gasteiger partial charge in [-0.25, -0.2) is 0 Å². The van der Waals surface area contributed by atoms with E-state index < -0.39 is 0 Å². The lowest BCUT2D eigenvalue weighted by molar-refractivity contribution is -0.142. The summed E-state index contributed by atoms with van der Waals surface area (Å²) in [6.07, 6.45) is 1.42. The normalized spacial score (nSPS) is 11.6. The van der Waals surface area contributed by atoms with Gasteiger partial charge in [0.05, 0.1) is 13.0 Å². The van der Waals surface area contributed by atoms with Crippen molar-refractivity contribution in [2.24, 2.45) is 0 Å². The van der Waals surface area contributed by atoms with Crippen LogP contribution in [0.25, 0.3) is 0 Å². The van der Waals surface area contributed by atoms with E-state index in [-0.39, 0.29) is 17.0 Å². The molecule has 0 heterocycles. The topological polar surface area (TPSA) is 52.6 Å². The van der Waals surface area contributed by atoms with Crippen LogP contribution in [-0.2, 0) is 20.9 Å². The first kappa shape index (κ1) is 20.0. The zero-order valence-electron chi connectivity index (χ0n) is 15.1. The van der Waals surface area contributed by atoms with Gasteiger partial charge in [0.15, 0.2) is 5.12 Å². The fraction of sp³-hybridized carbons (Fsp3) is 0.333. The van der Waals surface area contributed by atoms with Gasteiger partial charge in [-0.3, -0.25) is 9.59 Å². The van der Waals surface area contributed by atoms with E-state index in [2.05, 4.69) is 0 Å². The number of thioether (sulfide) groups is 1. The van der Waals surface area contributed by atoms with Crippen LogP contribution in [0.2, 0.25) is 0 Å². The molecule has 0 bridgehead atoms.